The summed E-state index contributed by atoms with van der Waals surface area (Å²) in [5, 5.41) is 30.6. The van der Waals surface area contributed by atoms with Crippen molar-refractivity contribution in [3.05, 3.63) is 118 Å². The van der Waals surface area contributed by atoms with Gasteiger partial charge in [0, 0.05) is 40.0 Å². The fourth-order valence-corrected chi connectivity index (χ4v) is 6.57. The number of hydrogen-bond acceptors (Lipinski definition) is 12. The molecular formula is C38H38F2N7O7S+. The lowest BCUT2D eigenvalue weighted by Gasteiger charge is -2.32. The Hall–Kier alpha value is -6.09. The number of aromatic nitrogens is 4. The molecule has 55 heavy (non-hydrogen) atoms. The Bertz CT molecular complexity index is 2190. The zero-order valence-electron chi connectivity index (χ0n) is 30.3. The van der Waals surface area contributed by atoms with Crippen LogP contribution < -0.4 is 14.8 Å². The van der Waals surface area contributed by atoms with Gasteiger partial charge in [-0.15, -0.1) is 16.0 Å². The number of ether oxygens (including phenoxy) is 3. The third kappa shape index (κ3) is 9.35. The number of carbonyl (C=O) groups is 3. The minimum Gasteiger partial charge on any atom is -0.460 e. The first-order valence-electron chi connectivity index (χ1n) is 17.0. The van der Waals surface area contributed by atoms with Crippen molar-refractivity contribution >= 4 is 35.2 Å². The highest BCUT2D eigenvalue weighted by atomic mass is 32.1. The average Bonchev–Trinajstić information content (AvgIpc) is 3.86. The number of halogens is 2. The molecule has 3 atom stereocenters. The number of nitrogens with one attached hydrogen (secondary N) is 1. The number of carbonyl (C=O) groups excluding carboxylic acids is 3. The molecule has 14 nitrogen and oxygen atoms in total. The van der Waals surface area contributed by atoms with Gasteiger partial charge in [0.1, 0.15) is 30.4 Å². The predicted molar refractivity (Wildman–Crippen MR) is 194 cm³/mol. The van der Waals surface area contributed by atoms with E-state index < -0.39 is 47.5 Å². The van der Waals surface area contributed by atoms with Crippen molar-refractivity contribution in [1.29, 1.82) is 5.26 Å². The standard InChI is InChI=1S/C38H38F2N7O7S/c1-5-52-36(49)47(33-9-7-6-8-28(33)19-53-34(48)18-42-4)37(50)54-25(3)45-22-43-46(23-45)21-38(51,30-16-29(39)14-15-31(30)40)24(2)35-44-32(20-55-35)27-12-10-26(17-41)11-13-27/h6-16,20,22-25,42,51H,5,18-19,21H2,1-4H3/q+1. The van der Waals surface area contributed by atoms with Crippen molar-refractivity contribution in [3.63, 3.8) is 0 Å². The largest absolute Gasteiger partial charge is 0.460 e. The summed E-state index contributed by atoms with van der Waals surface area (Å²) >= 11 is 1.22. The van der Waals surface area contributed by atoms with Gasteiger partial charge in [-0.3, -0.25) is 4.79 Å². The van der Waals surface area contributed by atoms with E-state index in [1.165, 1.54) is 46.2 Å². The summed E-state index contributed by atoms with van der Waals surface area (Å²) in [6.45, 7) is 3.97. The maximum atomic E-state index is 15.4. The third-order valence-corrected chi connectivity index (χ3v) is 9.61. The first-order chi connectivity index (χ1) is 26.4. The van der Waals surface area contributed by atoms with Crippen LogP contribution in [0.1, 0.15) is 54.6 Å². The molecule has 0 spiro atoms. The van der Waals surface area contributed by atoms with E-state index in [1.807, 2.05) is 0 Å². The molecule has 5 rings (SSSR count). The minimum absolute atomic E-state index is 0.0482. The fourth-order valence-electron chi connectivity index (χ4n) is 5.60. The van der Waals surface area contributed by atoms with E-state index in [4.69, 9.17) is 19.5 Å². The third-order valence-electron chi connectivity index (χ3n) is 8.58. The molecule has 2 heterocycles. The van der Waals surface area contributed by atoms with Gasteiger partial charge >= 0.3 is 18.2 Å². The van der Waals surface area contributed by atoms with Gasteiger partial charge in [-0.2, -0.15) is 14.7 Å². The van der Waals surface area contributed by atoms with E-state index in [9.17, 15) is 23.9 Å². The van der Waals surface area contributed by atoms with Crippen LogP contribution >= 0.6 is 11.3 Å². The highest BCUT2D eigenvalue weighted by molar-refractivity contribution is 7.10. The molecule has 0 aliphatic heterocycles. The predicted octanol–water partition coefficient (Wildman–Crippen LogP) is 5.72. The Morgan fingerprint density at radius 1 is 1.09 bits per heavy atom. The number of para-hydroxylation sites is 1. The molecule has 5 aromatic rings. The Labute approximate surface area is 319 Å². The molecular weight excluding hydrogens is 737 g/mol. The molecule has 0 aliphatic carbocycles. The molecule has 0 saturated heterocycles. The van der Waals surface area contributed by atoms with Crippen molar-refractivity contribution in [2.75, 3.05) is 25.1 Å². The first kappa shape index (κ1) is 40.1. The van der Waals surface area contributed by atoms with Crippen molar-refractivity contribution < 1.29 is 47.0 Å². The summed E-state index contributed by atoms with van der Waals surface area (Å²) < 4.78 is 48.7. The van der Waals surface area contributed by atoms with Gasteiger partial charge < -0.3 is 24.6 Å². The van der Waals surface area contributed by atoms with Gasteiger partial charge in [-0.1, -0.05) is 37.3 Å². The molecule has 2 amide bonds. The van der Waals surface area contributed by atoms with Crippen molar-refractivity contribution in [1.82, 2.24) is 20.1 Å². The molecule has 0 fully saturated rings. The zero-order valence-corrected chi connectivity index (χ0v) is 31.1. The number of thiazole rings is 1. The van der Waals surface area contributed by atoms with E-state index in [1.54, 1.807) is 68.7 Å². The van der Waals surface area contributed by atoms with Crippen LogP contribution in [0.3, 0.4) is 0 Å². The van der Waals surface area contributed by atoms with Crippen LogP contribution in [0.4, 0.5) is 24.1 Å². The second-order valence-corrected chi connectivity index (χ2v) is 13.1. The van der Waals surface area contributed by atoms with Crippen LogP contribution in [-0.4, -0.2) is 58.2 Å². The number of aliphatic hydroxyl groups is 1. The SMILES string of the molecule is CCOC(=O)N(C(=O)OC(C)[n+]1cnn(CC(O)(c2cc(F)ccc2F)C(C)c2nc(-c3ccc(C#N)cc3)cs2)c1)c1ccccc1COC(=O)CNC. The molecule has 17 heteroatoms. The van der Waals surface area contributed by atoms with Gasteiger partial charge in [0.2, 0.25) is 12.6 Å². The fraction of sp³-hybridized carbons (Fsp3) is 0.289. The van der Waals surface area contributed by atoms with Crippen LogP contribution in [0.5, 0.6) is 0 Å². The molecule has 0 radical (unpaired) electrons. The number of benzene rings is 3. The number of likely N-dealkylation sites (N-methyl/N-ethyl adjacent to an activating group) is 1. The number of hydrogen-bond donors (Lipinski definition) is 2. The summed E-state index contributed by atoms with van der Waals surface area (Å²) in [4.78, 5) is 44.1. The van der Waals surface area contributed by atoms with Gasteiger partial charge in [-0.05, 0) is 50.4 Å². The molecule has 2 aromatic heterocycles. The number of nitrogens with zero attached hydrogens (tertiary/aromatic N) is 6. The summed E-state index contributed by atoms with van der Waals surface area (Å²) in [5.74, 6) is -3.06. The maximum Gasteiger partial charge on any atom is 0.426 e. The van der Waals surface area contributed by atoms with Crippen molar-refractivity contribution in [2.45, 2.75) is 51.7 Å². The Balaban J connectivity index is 1.40. The van der Waals surface area contributed by atoms with Crippen LogP contribution in [0.25, 0.3) is 11.3 Å². The highest BCUT2D eigenvalue weighted by Crippen LogP contribution is 2.41. The van der Waals surface area contributed by atoms with Crippen LogP contribution in [0.2, 0.25) is 0 Å². The Morgan fingerprint density at radius 2 is 1.84 bits per heavy atom. The smallest absolute Gasteiger partial charge is 0.426 e. The molecule has 0 bridgehead atoms. The number of anilines is 1. The van der Waals surface area contributed by atoms with E-state index in [0.29, 0.717) is 26.7 Å². The van der Waals surface area contributed by atoms with Gasteiger partial charge in [0.25, 0.3) is 6.33 Å². The second-order valence-electron chi connectivity index (χ2n) is 12.3. The van der Waals surface area contributed by atoms with Gasteiger partial charge in [-0.25, -0.2) is 23.4 Å². The van der Waals surface area contributed by atoms with E-state index in [-0.39, 0.29) is 37.6 Å². The lowest BCUT2D eigenvalue weighted by Crippen LogP contribution is -2.45. The second kappa shape index (κ2) is 17.8. The molecule has 0 saturated carbocycles. The number of amides is 2. The molecule has 0 aliphatic rings. The van der Waals surface area contributed by atoms with Crippen LogP contribution in [0.15, 0.2) is 84.8 Å². The van der Waals surface area contributed by atoms with Crippen molar-refractivity contribution in [3.8, 4) is 17.3 Å². The quantitative estimate of drug-likeness (QED) is 0.0804. The summed E-state index contributed by atoms with van der Waals surface area (Å²) in [7, 11) is 1.58. The zero-order chi connectivity index (χ0) is 39.7. The van der Waals surface area contributed by atoms with Crippen molar-refractivity contribution in [2.24, 2.45) is 0 Å². The average molecular weight is 775 g/mol. The number of esters is 1. The monoisotopic (exact) mass is 774 g/mol. The molecule has 3 unspecified atom stereocenters. The molecule has 3 aromatic carbocycles. The van der Waals surface area contributed by atoms with E-state index in [2.05, 4.69) is 21.5 Å². The lowest BCUT2D eigenvalue weighted by molar-refractivity contribution is -0.753. The molecule has 286 valence electrons. The molecule has 2 N–H and O–H groups in total. The Morgan fingerprint density at radius 3 is 2.55 bits per heavy atom. The van der Waals surface area contributed by atoms with E-state index >= 15 is 4.39 Å². The topological polar surface area (TPSA) is 173 Å². The summed E-state index contributed by atoms with van der Waals surface area (Å²) in [6, 6.07) is 17.9. The highest BCUT2D eigenvalue weighted by Gasteiger charge is 2.44. The number of rotatable bonds is 14. The maximum absolute atomic E-state index is 15.4. The number of nitriles is 1. The minimum atomic E-state index is -2.10. The summed E-state index contributed by atoms with van der Waals surface area (Å²) in [6.07, 6.45) is -0.560. The van der Waals surface area contributed by atoms with Crippen LogP contribution in [-0.2, 0) is 37.8 Å². The van der Waals surface area contributed by atoms with Crippen LogP contribution in [0, 0.1) is 23.0 Å². The van der Waals surface area contributed by atoms with E-state index in [0.717, 1.165) is 23.8 Å². The van der Waals surface area contributed by atoms with Gasteiger partial charge in [0.15, 0.2) is 0 Å². The lowest BCUT2D eigenvalue weighted by atomic mass is 9.82. The summed E-state index contributed by atoms with van der Waals surface area (Å²) in [5.41, 5.74) is -0.257. The normalized spacial score (nSPS) is 13.2. The van der Waals surface area contributed by atoms with Gasteiger partial charge in [0.05, 0.1) is 41.2 Å². The number of imide groups is 1. The first-order valence-corrected chi connectivity index (χ1v) is 17.9. The Kier molecular flexibility index (Phi) is 13.0.